The molecule has 19 heavy (non-hydrogen) atoms. The predicted molar refractivity (Wildman–Crippen MR) is 75.8 cm³/mol. The maximum atomic E-state index is 12.2. The standard InChI is InChI=1S/C15H28N2O2/c1-17(11-13-8-5-9-19-13)15(18)14(16)10-12-6-3-2-4-7-12/h12-14H,2-11,16H2,1H3. The van der Waals surface area contributed by atoms with Crippen LogP contribution in [0.3, 0.4) is 0 Å². The first-order valence-electron chi connectivity index (χ1n) is 7.79. The zero-order valence-electron chi connectivity index (χ0n) is 12.1. The van der Waals surface area contributed by atoms with Crippen LogP contribution in [0, 0.1) is 5.92 Å². The summed E-state index contributed by atoms with van der Waals surface area (Å²) in [4.78, 5) is 14.0. The fourth-order valence-corrected chi connectivity index (χ4v) is 3.35. The minimum absolute atomic E-state index is 0.0843. The second-order valence-corrected chi connectivity index (χ2v) is 6.20. The summed E-state index contributed by atoms with van der Waals surface area (Å²) in [6.07, 6.45) is 9.70. The molecule has 0 spiro atoms. The van der Waals surface area contributed by atoms with Crippen LogP contribution in [-0.2, 0) is 9.53 Å². The van der Waals surface area contributed by atoms with Gasteiger partial charge in [0.1, 0.15) is 0 Å². The Kier molecular flexibility index (Phi) is 5.64. The molecular weight excluding hydrogens is 240 g/mol. The van der Waals surface area contributed by atoms with Gasteiger partial charge >= 0.3 is 0 Å². The molecule has 0 aromatic rings. The predicted octanol–water partition coefficient (Wildman–Crippen LogP) is 1.92. The third-order valence-electron chi connectivity index (χ3n) is 4.51. The Balaban J connectivity index is 1.73. The van der Waals surface area contributed by atoms with Crippen LogP contribution >= 0.6 is 0 Å². The van der Waals surface area contributed by atoms with Gasteiger partial charge in [0.2, 0.25) is 5.91 Å². The van der Waals surface area contributed by atoms with E-state index in [4.69, 9.17) is 10.5 Å². The third-order valence-corrected chi connectivity index (χ3v) is 4.51. The lowest BCUT2D eigenvalue weighted by molar-refractivity contribution is -0.133. The monoisotopic (exact) mass is 268 g/mol. The van der Waals surface area contributed by atoms with E-state index in [9.17, 15) is 4.79 Å². The smallest absolute Gasteiger partial charge is 0.239 e. The summed E-state index contributed by atoms with van der Waals surface area (Å²) in [6.45, 7) is 1.53. The lowest BCUT2D eigenvalue weighted by atomic mass is 9.85. The number of ether oxygens (including phenoxy) is 1. The summed E-state index contributed by atoms with van der Waals surface area (Å²) in [6, 6.07) is -0.325. The molecule has 2 atom stereocenters. The molecular formula is C15H28N2O2. The van der Waals surface area contributed by atoms with E-state index in [0.717, 1.165) is 25.9 Å². The molecule has 1 aliphatic carbocycles. The summed E-state index contributed by atoms with van der Waals surface area (Å²) in [5, 5.41) is 0. The first-order chi connectivity index (χ1) is 9.16. The molecule has 0 radical (unpaired) electrons. The van der Waals surface area contributed by atoms with Gasteiger partial charge in [-0.3, -0.25) is 4.79 Å². The summed E-state index contributed by atoms with van der Waals surface area (Å²) >= 11 is 0. The Labute approximate surface area is 116 Å². The highest BCUT2D eigenvalue weighted by Crippen LogP contribution is 2.27. The Morgan fingerprint density at radius 1 is 1.26 bits per heavy atom. The Morgan fingerprint density at radius 3 is 2.63 bits per heavy atom. The second-order valence-electron chi connectivity index (χ2n) is 6.20. The van der Waals surface area contributed by atoms with Crippen LogP contribution in [0.5, 0.6) is 0 Å². The fourth-order valence-electron chi connectivity index (χ4n) is 3.35. The average molecular weight is 268 g/mol. The molecule has 1 amide bonds. The van der Waals surface area contributed by atoms with Crippen molar-refractivity contribution in [3.05, 3.63) is 0 Å². The van der Waals surface area contributed by atoms with Gasteiger partial charge in [-0.15, -0.1) is 0 Å². The molecule has 1 aliphatic heterocycles. The number of carbonyl (C=O) groups excluding carboxylic acids is 1. The van der Waals surface area contributed by atoms with Crippen molar-refractivity contribution in [1.82, 2.24) is 4.90 Å². The van der Waals surface area contributed by atoms with Gasteiger partial charge in [-0.2, -0.15) is 0 Å². The molecule has 0 bridgehead atoms. The zero-order chi connectivity index (χ0) is 13.7. The SMILES string of the molecule is CN(CC1CCCO1)C(=O)C(N)CC1CCCCC1. The van der Waals surface area contributed by atoms with Crippen LogP contribution < -0.4 is 5.73 Å². The van der Waals surface area contributed by atoms with Crippen LogP contribution in [0.15, 0.2) is 0 Å². The molecule has 2 aliphatic rings. The van der Waals surface area contributed by atoms with E-state index in [0.29, 0.717) is 12.5 Å². The number of amides is 1. The van der Waals surface area contributed by atoms with Gasteiger partial charge in [0.15, 0.2) is 0 Å². The lowest BCUT2D eigenvalue weighted by Crippen LogP contribution is -2.45. The molecule has 0 aromatic heterocycles. The largest absolute Gasteiger partial charge is 0.376 e. The van der Waals surface area contributed by atoms with E-state index in [-0.39, 0.29) is 18.1 Å². The van der Waals surface area contributed by atoms with Crippen molar-refractivity contribution in [2.75, 3.05) is 20.2 Å². The number of nitrogens with zero attached hydrogens (tertiary/aromatic N) is 1. The van der Waals surface area contributed by atoms with Crippen molar-refractivity contribution in [3.8, 4) is 0 Å². The van der Waals surface area contributed by atoms with Gasteiger partial charge in [0.25, 0.3) is 0 Å². The van der Waals surface area contributed by atoms with Crippen molar-refractivity contribution in [2.24, 2.45) is 11.7 Å². The van der Waals surface area contributed by atoms with E-state index < -0.39 is 0 Å². The Morgan fingerprint density at radius 2 is 2.00 bits per heavy atom. The molecule has 4 nitrogen and oxygen atoms in total. The quantitative estimate of drug-likeness (QED) is 0.829. The molecule has 2 N–H and O–H groups in total. The number of rotatable bonds is 5. The van der Waals surface area contributed by atoms with Crippen molar-refractivity contribution in [2.45, 2.75) is 63.5 Å². The highest BCUT2D eigenvalue weighted by Gasteiger charge is 2.26. The van der Waals surface area contributed by atoms with E-state index >= 15 is 0 Å². The molecule has 1 heterocycles. The fraction of sp³-hybridized carbons (Fsp3) is 0.933. The molecule has 2 unspecified atom stereocenters. The molecule has 1 saturated carbocycles. The number of hydrogen-bond acceptors (Lipinski definition) is 3. The first kappa shape index (κ1) is 14.8. The van der Waals surface area contributed by atoms with Crippen molar-refractivity contribution < 1.29 is 9.53 Å². The van der Waals surface area contributed by atoms with E-state index in [1.54, 1.807) is 4.90 Å². The average Bonchev–Trinajstić information content (AvgIpc) is 2.91. The van der Waals surface area contributed by atoms with Crippen LogP contribution in [0.2, 0.25) is 0 Å². The minimum atomic E-state index is -0.325. The second kappa shape index (κ2) is 7.25. The molecule has 1 saturated heterocycles. The maximum Gasteiger partial charge on any atom is 0.239 e. The summed E-state index contributed by atoms with van der Waals surface area (Å²) in [5.74, 6) is 0.741. The van der Waals surface area contributed by atoms with Crippen molar-refractivity contribution in [1.29, 1.82) is 0 Å². The first-order valence-corrected chi connectivity index (χ1v) is 7.79. The molecule has 110 valence electrons. The third kappa shape index (κ3) is 4.46. The van der Waals surface area contributed by atoms with Crippen LogP contribution in [-0.4, -0.2) is 43.2 Å². The highest BCUT2D eigenvalue weighted by atomic mass is 16.5. The molecule has 2 fully saturated rings. The number of carbonyl (C=O) groups is 1. The van der Waals surface area contributed by atoms with Gasteiger partial charge in [-0.05, 0) is 25.2 Å². The Hall–Kier alpha value is -0.610. The van der Waals surface area contributed by atoms with Gasteiger partial charge in [0.05, 0.1) is 12.1 Å². The minimum Gasteiger partial charge on any atom is -0.376 e. The number of hydrogen-bond donors (Lipinski definition) is 1. The zero-order valence-corrected chi connectivity index (χ0v) is 12.1. The lowest BCUT2D eigenvalue weighted by Gasteiger charge is -2.27. The molecule has 0 aromatic carbocycles. The molecule has 4 heteroatoms. The van der Waals surface area contributed by atoms with Crippen molar-refractivity contribution >= 4 is 5.91 Å². The maximum absolute atomic E-state index is 12.2. The van der Waals surface area contributed by atoms with E-state index in [1.807, 2.05) is 7.05 Å². The number of likely N-dealkylation sites (N-methyl/N-ethyl adjacent to an activating group) is 1. The van der Waals surface area contributed by atoms with Gasteiger partial charge < -0.3 is 15.4 Å². The Bertz CT molecular complexity index is 284. The summed E-state index contributed by atoms with van der Waals surface area (Å²) in [5.41, 5.74) is 6.09. The molecule has 2 rings (SSSR count). The van der Waals surface area contributed by atoms with Gasteiger partial charge in [-0.1, -0.05) is 32.1 Å². The normalized spacial score (nSPS) is 26.3. The van der Waals surface area contributed by atoms with E-state index in [2.05, 4.69) is 0 Å². The summed E-state index contributed by atoms with van der Waals surface area (Å²) in [7, 11) is 1.85. The van der Waals surface area contributed by atoms with Gasteiger partial charge in [-0.25, -0.2) is 0 Å². The topological polar surface area (TPSA) is 55.6 Å². The van der Waals surface area contributed by atoms with Crippen LogP contribution in [0.1, 0.15) is 51.4 Å². The highest BCUT2D eigenvalue weighted by molar-refractivity contribution is 5.81. The van der Waals surface area contributed by atoms with E-state index in [1.165, 1.54) is 32.1 Å². The number of nitrogens with two attached hydrogens (primary N) is 1. The van der Waals surface area contributed by atoms with Gasteiger partial charge in [0, 0.05) is 20.2 Å². The van der Waals surface area contributed by atoms with Crippen molar-refractivity contribution in [3.63, 3.8) is 0 Å². The summed E-state index contributed by atoms with van der Waals surface area (Å²) < 4.78 is 5.57. The van der Waals surface area contributed by atoms with Crippen LogP contribution in [0.25, 0.3) is 0 Å². The van der Waals surface area contributed by atoms with Crippen LogP contribution in [0.4, 0.5) is 0 Å².